The van der Waals surface area contributed by atoms with Crippen molar-refractivity contribution in [2.24, 2.45) is 17.8 Å². The first kappa shape index (κ1) is 12.2. The van der Waals surface area contributed by atoms with E-state index in [4.69, 9.17) is 5.26 Å². The van der Waals surface area contributed by atoms with Gasteiger partial charge in [-0.2, -0.15) is 5.26 Å². The van der Waals surface area contributed by atoms with Crippen molar-refractivity contribution < 1.29 is 0 Å². The number of nitriles is 1. The van der Waals surface area contributed by atoms with Crippen molar-refractivity contribution in [2.75, 3.05) is 0 Å². The summed E-state index contributed by atoms with van der Waals surface area (Å²) in [6.45, 7) is 1.89. The molecule has 104 valence electrons. The summed E-state index contributed by atoms with van der Waals surface area (Å²) in [5.41, 5.74) is 2.23. The fraction of sp³-hybridized carbons (Fsp3) is 0.647. The molecule has 20 heavy (non-hydrogen) atoms. The highest BCUT2D eigenvalue weighted by atomic mass is 16.1. The lowest BCUT2D eigenvalue weighted by atomic mass is 9.48. The number of aromatic nitrogens is 1. The van der Waals surface area contributed by atoms with Crippen LogP contribution in [0, 0.1) is 36.0 Å². The SMILES string of the molecule is Cc1cc(C23CC4CC(CC(C4)C2)C3)[nH]c(=O)c1C#N. The van der Waals surface area contributed by atoms with Crippen LogP contribution in [0.4, 0.5) is 0 Å². The molecule has 0 aromatic carbocycles. The number of nitrogens with zero attached hydrogens (tertiary/aromatic N) is 1. The molecular weight excluding hydrogens is 248 g/mol. The number of nitrogens with one attached hydrogen (secondary N) is 1. The van der Waals surface area contributed by atoms with Crippen LogP contribution in [0.5, 0.6) is 0 Å². The van der Waals surface area contributed by atoms with Gasteiger partial charge in [0, 0.05) is 11.1 Å². The Morgan fingerprint density at radius 2 is 1.75 bits per heavy atom. The molecule has 0 amide bonds. The predicted octanol–water partition coefficient (Wildman–Crippen LogP) is 3.02. The van der Waals surface area contributed by atoms with Crippen LogP contribution in [-0.4, -0.2) is 4.98 Å². The summed E-state index contributed by atoms with van der Waals surface area (Å²) in [6.07, 6.45) is 7.91. The monoisotopic (exact) mass is 268 g/mol. The fourth-order valence-corrected chi connectivity index (χ4v) is 5.55. The number of H-pyrrole nitrogens is 1. The molecule has 1 aromatic heterocycles. The normalized spacial score (nSPS) is 37.9. The van der Waals surface area contributed by atoms with Gasteiger partial charge in [0.1, 0.15) is 11.6 Å². The fourth-order valence-electron chi connectivity index (χ4n) is 5.55. The molecule has 0 unspecified atom stereocenters. The quantitative estimate of drug-likeness (QED) is 0.851. The van der Waals surface area contributed by atoms with E-state index >= 15 is 0 Å². The van der Waals surface area contributed by atoms with Gasteiger partial charge in [0.15, 0.2) is 0 Å². The first-order chi connectivity index (χ1) is 9.59. The number of pyridine rings is 1. The first-order valence-electron chi connectivity index (χ1n) is 7.74. The molecular formula is C17H20N2O. The third kappa shape index (κ3) is 1.60. The molecule has 0 saturated heterocycles. The van der Waals surface area contributed by atoms with Crippen LogP contribution in [0.2, 0.25) is 0 Å². The Morgan fingerprint density at radius 1 is 1.20 bits per heavy atom. The zero-order valence-electron chi connectivity index (χ0n) is 11.9. The van der Waals surface area contributed by atoms with Crippen LogP contribution in [0.25, 0.3) is 0 Å². The Morgan fingerprint density at radius 3 is 2.20 bits per heavy atom. The lowest BCUT2D eigenvalue weighted by Gasteiger charge is -2.56. The van der Waals surface area contributed by atoms with E-state index in [1.807, 2.05) is 13.0 Å². The van der Waals surface area contributed by atoms with Crippen LogP contribution >= 0.6 is 0 Å². The molecule has 0 spiro atoms. The minimum absolute atomic E-state index is 0.196. The van der Waals surface area contributed by atoms with Crippen LogP contribution in [0.1, 0.15) is 55.3 Å². The van der Waals surface area contributed by atoms with E-state index < -0.39 is 0 Å². The number of hydrogen-bond donors (Lipinski definition) is 1. The molecule has 1 heterocycles. The van der Waals surface area contributed by atoms with Gasteiger partial charge in [-0.25, -0.2) is 0 Å². The van der Waals surface area contributed by atoms with E-state index in [1.54, 1.807) is 0 Å². The average Bonchev–Trinajstić information content (AvgIpc) is 2.36. The summed E-state index contributed by atoms with van der Waals surface area (Å²) in [5.74, 6) is 2.59. The van der Waals surface area contributed by atoms with Gasteiger partial charge in [-0.3, -0.25) is 4.79 Å². The van der Waals surface area contributed by atoms with Gasteiger partial charge in [-0.15, -0.1) is 0 Å². The van der Waals surface area contributed by atoms with Gasteiger partial charge < -0.3 is 4.98 Å². The van der Waals surface area contributed by atoms with Crippen LogP contribution < -0.4 is 5.56 Å². The molecule has 4 bridgehead atoms. The minimum atomic E-state index is -0.196. The van der Waals surface area contributed by atoms with Crippen molar-refractivity contribution in [3.05, 3.63) is 33.2 Å². The predicted molar refractivity (Wildman–Crippen MR) is 76.4 cm³/mol. The summed E-state index contributed by atoms with van der Waals surface area (Å²) in [6, 6.07) is 4.10. The maximum atomic E-state index is 12.1. The lowest BCUT2D eigenvalue weighted by molar-refractivity contribution is -0.00732. The molecule has 4 aliphatic rings. The molecule has 3 heteroatoms. The molecule has 5 rings (SSSR count). The highest BCUT2D eigenvalue weighted by molar-refractivity contribution is 5.38. The Labute approximate surface area is 119 Å². The smallest absolute Gasteiger partial charge is 0.266 e. The van der Waals surface area contributed by atoms with E-state index in [2.05, 4.69) is 11.1 Å². The second kappa shape index (κ2) is 3.97. The van der Waals surface area contributed by atoms with Gasteiger partial charge in [0.25, 0.3) is 5.56 Å². The van der Waals surface area contributed by atoms with Crippen molar-refractivity contribution in [1.29, 1.82) is 5.26 Å². The van der Waals surface area contributed by atoms with E-state index in [0.717, 1.165) is 29.0 Å². The number of hydrogen-bond acceptors (Lipinski definition) is 2. The zero-order chi connectivity index (χ0) is 13.9. The molecule has 1 aromatic rings. The number of rotatable bonds is 1. The third-order valence-electron chi connectivity index (χ3n) is 5.95. The van der Waals surface area contributed by atoms with E-state index in [-0.39, 0.29) is 16.5 Å². The maximum absolute atomic E-state index is 12.1. The van der Waals surface area contributed by atoms with E-state index in [0.29, 0.717) is 0 Å². The molecule has 4 aliphatic carbocycles. The highest BCUT2D eigenvalue weighted by Crippen LogP contribution is 2.60. The standard InChI is InChI=1S/C17H20N2O/c1-10-2-15(19-16(20)14(10)9-18)17-6-11-3-12(7-17)5-13(4-11)8-17/h2,11-13H,3-8H2,1H3,(H,19,20). The molecule has 1 N–H and O–H groups in total. The summed E-state index contributed by atoms with van der Waals surface area (Å²) in [5, 5.41) is 9.05. The Kier molecular flexibility index (Phi) is 2.42. The van der Waals surface area contributed by atoms with Crippen molar-refractivity contribution in [3.8, 4) is 6.07 Å². The minimum Gasteiger partial charge on any atom is -0.325 e. The summed E-state index contributed by atoms with van der Waals surface area (Å²) >= 11 is 0. The number of aryl methyl sites for hydroxylation is 1. The van der Waals surface area contributed by atoms with Crippen molar-refractivity contribution in [3.63, 3.8) is 0 Å². The molecule has 4 fully saturated rings. The third-order valence-corrected chi connectivity index (χ3v) is 5.95. The molecule has 0 aliphatic heterocycles. The van der Waals surface area contributed by atoms with Crippen molar-refractivity contribution >= 4 is 0 Å². The van der Waals surface area contributed by atoms with Crippen LogP contribution in [-0.2, 0) is 5.41 Å². The molecule has 0 atom stereocenters. The highest BCUT2D eigenvalue weighted by Gasteiger charge is 2.52. The number of aromatic amines is 1. The lowest BCUT2D eigenvalue weighted by Crippen LogP contribution is -2.49. The van der Waals surface area contributed by atoms with E-state index in [9.17, 15) is 4.79 Å². The van der Waals surface area contributed by atoms with Gasteiger partial charge in [-0.1, -0.05) is 0 Å². The first-order valence-corrected chi connectivity index (χ1v) is 7.74. The second-order valence-corrected chi connectivity index (χ2v) is 7.38. The summed E-state index contributed by atoms with van der Waals surface area (Å²) < 4.78 is 0. The molecule has 4 saturated carbocycles. The molecule has 3 nitrogen and oxygen atoms in total. The summed E-state index contributed by atoms with van der Waals surface area (Å²) in [7, 11) is 0. The summed E-state index contributed by atoms with van der Waals surface area (Å²) in [4.78, 5) is 15.2. The van der Waals surface area contributed by atoms with Gasteiger partial charge in [0.05, 0.1) is 0 Å². The zero-order valence-corrected chi connectivity index (χ0v) is 11.9. The van der Waals surface area contributed by atoms with E-state index in [1.165, 1.54) is 38.5 Å². The second-order valence-electron chi connectivity index (χ2n) is 7.38. The van der Waals surface area contributed by atoms with Crippen molar-refractivity contribution in [1.82, 2.24) is 4.98 Å². The van der Waals surface area contributed by atoms with Gasteiger partial charge >= 0.3 is 0 Å². The topological polar surface area (TPSA) is 56.6 Å². The van der Waals surface area contributed by atoms with Gasteiger partial charge in [0.2, 0.25) is 0 Å². The van der Waals surface area contributed by atoms with Crippen LogP contribution in [0.15, 0.2) is 10.9 Å². The maximum Gasteiger partial charge on any atom is 0.266 e. The van der Waals surface area contributed by atoms with Crippen molar-refractivity contribution in [2.45, 2.75) is 50.9 Å². The average molecular weight is 268 g/mol. The van der Waals surface area contributed by atoms with Gasteiger partial charge in [-0.05, 0) is 74.8 Å². The Hall–Kier alpha value is -1.56. The van der Waals surface area contributed by atoms with Crippen LogP contribution in [0.3, 0.4) is 0 Å². The molecule has 0 radical (unpaired) electrons. The Balaban J connectivity index is 1.82. The largest absolute Gasteiger partial charge is 0.325 e. The Bertz CT molecular complexity index is 629.